The van der Waals surface area contributed by atoms with E-state index >= 15 is 0 Å². The third-order valence-electron chi connectivity index (χ3n) is 2.49. The smallest absolute Gasteiger partial charge is 0.307 e. The molecule has 5 nitrogen and oxygen atoms in total. The van der Waals surface area contributed by atoms with Gasteiger partial charge in [-0.25, -0.2) is 4.98 Å². The summed E-state index contributed by atoms with van der Waals surface area (Å²) in [4.78, 5) is 15.7. The van der Waals surface area contributed by atoms with E-state index in [9.17, 15) is 4.79 Å². The van der Waals surface area contributed by atoms with Gasteiger partial charge in [0.05, 0.1) is 19.1 Å². The third kappa shape index (κ3) is 3.66. The number of thiocarbonyl (C=S) groups is 1. The number of hydrogen-bond donors (Lipinski definition) is 2. The third-order valence-corrected chi connectivity index (χ3v) is 2.69. The first-order chi connectivity index (χ1) is 8.45. The van der Waals surface area contributed by atoms with Gasteiger partial charge in [0.1, 0.15) is 10.8 Å². The maximum atomic E-state index is 11.2. The van der Waals surface area contributed by atoms with Crippen molar-refractivity contribution in [3.8, 4) is 0 Å². The maximum absolute atomic E-state index is 11.2. The summed E-state index contributed by atoms with van der Waals surface area (Å²) >= 11 is 5.01. The molecule has 1 aromatic rings. The molecular weight excluding hydrogens is 250 g/mol. The van der Waals surface area contributed by atoms with E-state index in [4.69, 9.17) is 18.0 Å². The molecule has 0 fully saturated rings. The number of carbonyl (C=O) groups excluding carboxylic acids is 1. The van der Waals surface area contributed by atoms with Crippen molar-refractivity contribution >= 4 is 29.0 Å². The Hall–Kier alpha value is -1.69. The van der Waals surface area contributed by atoms with E-state index in [1.54, 1.807) is 6.20 Å². The van der Waals surface area contributed by atoms with Crippen LogP contribution in [0.2, 0.25) is 0 Å². The average molecular weight is 267 g/mol. The van der Waals surface area contributed by atoms with Crippen molar-refractivity contribution in [3.05, 3.63) is 23.4 Å². The minimum Gasteiger partial charge on any atom is -0.469 e. The van der Waals surface area contributed by atoms with Gasteiger partial charge in [-0.3, -0.25) is 4.79 Å². The highest BCUT2D eigenvalue weighted by Crippen LogP contribution is 2.17. The van der Waals surface area contributed by atoms with Gasteiger partial charge in [-0.2, -0.15) is 0 Å². The standard InChI is InChI=1S/C12H17N3O2S/c1-7-4-5-14-12(10(7)11(13)18)15-8(2)6-9(16)17-3/h4-5,8H,6H2,1-3H3,(H2,13,18)(H,14,15). The number of hydrogen-bond acceptors (Lipinski definition) is 5. The lowest BCUT2D eigenvalue weighted by Gasteiger charge is -2.17. The Balaban J connectivity index is 2.87. The minimum atomic E-state index is -0.278. The van der Waals surface area contributed by atoms with Crippen molar-refractivity contribution < 1.29 is 9.53 Å². The first kappa shape index (κ1) is 14.4. The molecule has 0 aliphatic rings. The Morgan fingerprint density at radius 3 is 2.89 bits per heavy atom. The summed E-state index contributed by atoms with van der Waals surface area (Å²) < 4.78 is 4.61. The predicted molar refractivity (Wildman–Crippen MR) is 74.6 cm³/mol. The van der Waals surface area contributed by atoms with E-state index in [1.165, 1.54) is 7.11 Å². The first-order valence-corrected chi connectivity index (χ1v) is 5.95. The second-order valence-electron chi connectivity index (χ2n) is 4.04. The van der Waals surface area contributed by atoms with Crippen LogP contribution in [0.1, 0.15) is 24.5 Å². The van der Waals surface area contributed by atoms with Gasteiger partial charge in [-0.05, 0) is 25.5 Å². The number of aromatic nitrogens is 1. The summed E-state index contributed by atoms with van der Waals surface area (Å²) in [6.07, 6.45) is 1.92. The number of carbonyl (C=O) groups is 1. The fraction of sp³-hybridized carbons (Fsp3) is 0.417. The summed E-state index contributed by atoms with van der Waals surface area (Å²) in [7, 11) is 1.36. The molecule has 0 saturated heterocycles. The lowest BCUT2D eigenvalue weighted by Crippen LogP contribution is -2.24. The molecule has 0 amide bonds. The number of pyridine rings is 1. The Labute approximate surface area is 112 Å². The van der Waals surface area contributed by atoms with Crippen LogP contribution in [-0.4, -0.2) is 29.1 Å². The molecule has 3 N–H and O–H groups in total. The van der Waals surface area contributed by atoms with Crippen LogP contribution in [0.4, 0.5) is 5.82 Å². The van der Waals surface area contributed by atoms with Gasteiger partial charge >= 0.3 is 5.97 Å². The molecule has 6 heteroatoms. The average Bonchev–Trinajstić information content (AvgIpc) is 2.28. The van der Waals surface area contributed by atoms with Crippen LogP contribution in [-0.2, 0) is 9.53 Å². The van der Waals surface area contributed by atoms with Crippen molar-refractivity contribution in [3.63, 3.8) is 0 Å². The van der Waals surface area contributed by atoms with Crippen LogP contribution in [0.15, 0.2) is 12.3 Å². The Bertz CT molecular complexity index is 463. The molecule has 0 spiro atoms. The summed E-state index contributed by atoms with van der Waals surface area (Å²) in [6, 6.07) is 1.73. The number of ether oxygens (including phenoxy) is 1. The number of esters is 1. The van der Waals surface area contributed by atoms with Crippen LogP contribution < -0.4 is 11.1 Å². The van der Waals surface area contributed by atoms with Crippen molar-refractivity contribution in [2.24, 2.45) is 5.73 Å². The SMILES string of the molecule is COC(=O)CC(C)Nc1nccc(C)c1C(N)=S. The zero-order valence-electron chi connectivity index (χ0n) is 10.7. The minimum absolute atomic E-state index is 0.111. The molecular formula is C12H17N3O2S. The van der Waals surface area contributed by atoms with Crippen molar-refractivity contribution in [1.29, 1.82) is 0 Å². The normalized spacial score (nSPS) is 11.7. The highest BCUT2D eigenvalue weighted by Gasteiger charge is 2.14. The van der Waals surface area contributed by atoms with Crippen LogP contribution in [0.3, 0.4) is 0 Å². The van der Waals surface area contributed by atoms with E-state index in [0.717, 1.165) is 5.56 Å². The number of rotatable bonds is 5. The largest absolute Gasteiger partial charge is 0.469 e. The molecule has 1 aromatic heterocycles. The second kappa shape index (κ2) is 6.30. The summed E-state index contributed by atoms with van der Waals surface area (Å²) in [5.41, 5.74) is 7.34. The van der Waals surface area contributed by atoms with Crippen LogP contribution >= 0.6 is 12.2 Å². The molecule has 0 aliphatic carbocycles. The maximum Gasteiger partial charge on any atom is 0.307 e. The number of nitrogens with two attached hydrogens (primary N) is 1. The number of nitrogens with one attached hydrogen (secondary N) is 1. The van der Waals surface area contributed by atoms with Gasteiger partial charge in [-0.1, -0.05) is 12.2 Å². The molecule has 0 aromatic carbocycles. The topological polar surface area (TPSA) is 77.2 Å². The Kier molecular flexibility index (Phi) is 5.03. The van der Waals surface area contributed by atoms with Crippen LogP contribution in [0.25, 0.3) is 0 Å². The van der Waals surface area contributed by atoms with E-state index in [0.29, 0.717) is 11.4 Å². The first-order valence-electron chi connectivity index (χ1n) is 5.54. The zero-order chi connectivity index (χ0) is 13.7. The number of methoxy groups -OCH3 is 1. The molecule has 1 rings (SSSR count). The zero-order valence-corrected chi connectivity index (χ0v) is 11.5. The molecule has 0 aliphatic heterocycles. The molecule has 1 atom stereocenters. The lowest BCUT2D eigenvalue weighted by molar-refractivity contribution is -0.140. The summed E-state index contributed by atoms with van der Waals surface area (Å²) in [6.45, 7) is 3.77. The molecule has 18 heavy (non-hydrogen) atoms. The summed E-state index contributed by atoms with van der Waals surface area (Å²) in [5.74, 6) is 0.318. The van der Waals surface area contributed by atoms with E-state index in [-0.39, 0.29) is 23.4 Å². The number of nitrogens with zero attached hydrogens (tertiary/aromatic N) is 1. The van der Waals surface area contributed by atoms with E-state index in [2.05, 4.69) is 15.0 Å². The van der Waals surface area contributed by atoms with Crippen molar-refractivity contribution in [1.82, 2.24) is 4.98 Å². The summed E-state index contributed by atoms with van der Waals surface area (Å²) in [5, 5.41) is 3.12. The van der Waals surface area contributed by atoms with Gasteiger partial charge in [-0.15, -0.1) is 0 Å². The highest BCUT2D eigenvalue weighted by atomic mass is 32.1. The van der Waals surface area contributed by atoms with Gasteiger partial charge in [0, 0.05) is 12.2 Å². The quantitative estimate of drug-likeness (QED) is 0.620. The van der Waals surface area contributed by atoms with Crippen molar-refractivity contribution in [2.45, 2.75) is 26.3 Å². The lowest BCUT2D eigenvalue weighted by atomic mass is 10.1. The highest BCUT2D eigenvalue weighted by molar-refractivity contribution is 7.80. The molecule has 98 valence electrons. The molecule has 0 bridgehead atoms. The monoisotopic (exact) mass is 267 g/mol. The van der Waals surface area contributed by atoms with Gasteiger partial charge in [0.2, 0.25) is 0 Å². The predicted octanol–water partition coefficient (Wildman–Crippen LogP) is 1.39. The molecule has 0 saturated carbocycles. The van der Waals surface area contributed by atoms with Crippen LogP contribution in [0, 0.1) is 6.92 Å². The Morgan fingerprint density at radius 2 is 2.33 bits per heavy atom. The van der Waals surface area contributed by atoms with Gasteiger partial charge in [0.15, 0.2) is 0 Å². The number of anilines is 1. The van der Waals surface area contributed by atoms with Gasteiger partial charge < -0.3 is 15.8 Å². The molecule has 0 radical (unpaired) electrons. The van der Waals surface area contributed by atoms with E-state index < -0.39 is 0 Å². The fourth-order valence-electron chi connectivity index (χ4n) is 1.60. The van der Waals surface area contributed by atoms with Crippen LogP contribution in [0.5, 0.6) is 0 Å². The van der Waals surface area contributed by atoms with Gasteiger partial charge in [0.25, 0.3) is 0 Å². The van der Waals surface area contributed by atoms with E-state index in [1.807, 2.05) is 19.9 Å². The Morgan fingerprint density at radius 1 is 1.67 bits per heavy atom. The van der Waals surface area contributed by atoms with Crippen molar-refractivity contribution in [2.75, 3.05) is 12.4 Å². The molecule has 1 unspecified atom stereocenters. The number of aryl methyl sites for hydroxylation is 1. The fourth-order valence-corrected chi connectivity index (χ4v) is 1.85. The molecule has 1 heterocycles. The second-order valence-corrected chi connectivity index (χ2v) is 4.48.